The van der Waals surface area contributed by atoms with Crippen LogP contribution in [0.15, 0.2) is 18.2 Å². The molecule has 1 nitrogen and oxygen atoms in total. The Morgan fingerprint density at radius 2 is 2.00 bits per heavy atom. The lowest BCUT2D eigenvalue weighted by Gasteiger charge is -2.14. The Balaban J connectivity index is 2.93. The fourth-order valence-electron chi connectivity index (χ4n) is 1.53. The highest BCUT2D eigenvalue weighted by molar-refractivity contribution is 6.17. The van der Waals surface area contributed by atoms with E-state index in [1.54, 1.807) is 12.1 Å². The molecule has 0 heterocycles. The van der Waals surface area contributed by atoms with Gasteiger partial charge in [-0.05, 0) is 36.5 Å². The number of halogens is 4. The van der Waals surface area contributed by atoms with Gasteiger partial charge in [-0.2, -0.15) is 0 Å². The standard InChI is InChI=1S/C12H14ClF3O/c1-2-9-5-6-11(17-12(14,15)16)10(8-9)4-3-7-13/h5-6,8H,2-4,7H2,1H3. The van der Waals surface area contributed by atoms with Gasteiger partial charge < -0.3 is 4.74 Å². The first kappa shape index (κ1) is 14.2. The van der Waals surface area contributed by atoms with Crippen molar-refractivity contribution in [2.24, 2.45) is 0 Å². The zero-order valence-corrected chi connectivity index (χ0v) is 10.2. The van der Waals surface area contributed by atoms with E-state index in [1.165, 1.54) is 6.07 Å². The van der Waals surface area contributed by atoms with Crippen LogP contribution in [0.2, 0.25) is 0 Å². The van der Waals surface area contributed by atoms with Crippen LogP contribution in [0.4, 0.5) is 13.2 Å². The number of rotatable bonds is 5. The number of alkyl halides is 4. The largest absolute Gasteiger partial charge is 0.573 e. The van der Waals surface area contributed by atoms with E-state index in [1.807, 2.05) is 6.92 Å². The van der Waals surface area contributed by atoms with E-state index in [4.69, 9.17) is 11.6 Å². The molecule has 0 unspecified atom stereocenters. The van der Waals surface area contributed by atoms with Crippen molar-refractivity contribution in [2.45, 2.75) is 32.5 Å². The smallest absolute Gasteiger partial charge is 0.406 e. The average molecular weight is 267 g/mol. The molecule has 1 aromatic carbocycles. The number of ether oxygens (including phenoxy) is 1. The zero-order chi connectivity index (χ0) is 12.9. The molecular weight excluding hydrogens is 253 g/mol. The normalized spacial score (nSPS) is 11.6. The lowest BCUT2D eigenvalue weighted by atomic mass is 10.0. The summed E-state index contributed by atoms with van der Waals surface area (Å²) in [6.45, 7) is 1.95. The van der Waals surface area contributed by atoms with Crippen LogP contribution in [-0.2, 0) is 12.8 Å². The van der Waals surface area contributed by atoms with Gasteiger partial charge in [0.25, 0.3) is 0 Å². The minimum Gasteiger partial charge on any atom is -0.406 e. The summed E-state index contributed by atoms with van der Waals surface area (Å²) in [6.07, 6.45) is -2.75. The summed E-state index contributed by atoms with van der Waals surface area (Å²) in [6, 6.07) is 4.76. The molecule has 96 valence electrons. The number of benzene rings is 1. The highest BCUT2D eigenvalue weighted by atomic mass is 35.5. The van der Waals surface area contributed by atoms with Crippen LogP contribution in [0.5, 0.6) is 5.75 Å². The highest BCUT2D eigenvalue weighted by Crippen LogP contribution is 2.28. The van der Waals surface area contributed by atoms with Crippen LogP contribution in [-0.4, -0.2) is 12.2 Å². The molecular formula is C12H14ClF3O. The Kier molecular flexibility index (Phi) is 5.12. The second-order valence-corrected chi connectivity index (χ2v) is 4.01. The van der Waals surface area contributed by atoms with Gasteiger partial charge in [0, 0.05) is 5.88 Å². The molecule has 0 aromatic heterocycles. The monoisotopic (exact) mass is 266 g/mol. The van der Waals surface area contributed by atoms with Crippen molar-refractivity contribution in [3.05, 3.63) is 29.3 Å². The Labute approximate surface area is 104 Å². The van der Waals surface area contributed by atoms with Gasteiger partial charge >= 0.3 is 6.36 Å². The predicted octanol–water partition coefficient (Wildman–Crippen LogP) is 4.32. The first-order chi connectivity index (χ1) is 7.96. The highest BCUT2D eigenvalue weighted by Gasteiger charge is 2.31. The second kappa shape index (κ2) is 6.15. The van der Waals surface area contributed by atoms with Gasteiger partial charge in [-0.3, -0.25) is 0 Å². The van der Waals surface area contributed by atoms with Crippen molar-refractivity contribution in [3.63, 3.8) is 0 Å². The molecule has 17 heavy (non-hydrogen) atoms. The number of aryl methyl sites for hydroxylation is 2. The summed E-state index contributed by atoms with van der Waals surface area (Å²) in [5.74, 6) is 0.293. The minimum absolute atomic E-state index is 0.125. The van der Waals surface area contributed by atoms with Crippen molar-refractivity contribution < 1.29 is 17.9 Å². The summed E-state index contributed by atoms with van der Waals surface area (Å²) in [4.78, 5) is 0. The van der Waals surface area contributed by atoms with Gasteiger partial charge in [-0.15, -0.1) is 24.8 Å². The molecule has 1 rings (SSSR count). The molecule has 0 amide bonds. The molecule has 5 heteroatoms. The third-order valence-corrected chi connectivity index (χ3v) is 2.61. The van der Waals surface area contributed by atoms with E-state index < -0.39 is 6.36 Å². The van der Waals surface area contributed by atoms with Crippen LogP contribution in [0.1, 0.15) is 24.5 Å². The quantitative estimate of drug-likeness (QED) is 0.721. The van der Waals surface area contributed by atoms with Crippen LogP contribution in [0, 0.1) is 0 Å². The van der Waals surface area contributed by atoms with E-state index >= 15 is 0 Å². The van der Waals surface area contributed by atoms with Gasteiger partial charge in [0.1, 0.15) is 5.75 Å². The first-order valence-corrected chi connectivity index (χ1v) is 5.93. The second-order valence-electron chi connectivity index (χ2n) is 3.64. The SMILES string of the molecule is CCc1ccc(OC(F)(F)F)c(CCCCl)c1. The lowest BCUT2D eigenvalue weighted by molar-refractivity contribution is -0.274. The molecule has 0 bridgehead atoms. The minimum atomic E-state index is -4.65. The van der Waals surface area contributed by atoms with Crippen molar-refractivity contribution in [1.82, 2.24) is 0 Å². The van der Waals surface area contributed by atoms with Crippen LogP contribution < -0.4 is 4.74 Å². The van der Waals surface area contributed by atoms with Crippen LogP contribution in [0.3, 0.4) is 0 Å². The molecule has 1 aromatic rings. The molecule has 0 radical (unpaired) electrons. The van der Waals surface area contributed by atoms with Gasteiger partial charge in [-0.1, -0.05) is 19.1 Å². The fourth-order valence-corrected chi connectivity index (χ4v) is 1.66. The van der Waals surface area contributed by atoms with Gasteiger partial charge in [-0.25, -0.2) is 0 Å². The maximum absolute atomic E-state index is 12.2. The van der Waals surface area contributed by atoms with Crippen LogP contribution >= 0.6 is 11.6 Å². The van der Waals surface area contributed by atoms with E-state index in [0.29, 0.717) is 24.3 Å². The summed E-state index contributed by atoms with van der Waals surface area (Å²) < 4.78 is 40.5. The van der Waals surface area contributed by atoms with Crippen molar-refractivity contribution >= 4 is 11.6 Å². The Morgan fingerprint density at radius 3 is 2.53 bits per heavy atom. The van der Waals surface area contributed by atoms with Crippen molar-refractivity contribution in [1.29, 1.82) is 0 Å². The fraction of sp³-hybridized carbons (Fsp3) is 0.500. The summed E-state index contributed by atoms with van der Waals surface area (Å²) in [5, 5.41) is 0. The molecule has 0 aliphatic heterocycles. The Hall–Kier alpha value is -0.900. The molecule has 0 spiro atoms. The summed E-state index contributed by atoms with van der Waals surface area (Å²) in [7, 11) is 0. The van der Waals surface area contributed by atoms with Gasteiger partial charge in [0.2, 0.25) is 0 Å². The third-order valence-electron chi connectivity index (χ3n) is 2.34. The Bertz CT molecular complexity index is 363. The zero-order valence-electron chi connectivity index (χ0n) is 9.48. The van der Waals surface area contributed by atoms with Gasteiger partial charge in [0.05, 0.1) is 0 Å². The molecule has 0 aliphatic carbocycles. The Morgan fingerprint density at radius 1 is 1.29 bits per heavy atom. The summed E-state index contributed by atoms with van der Waals surface area (Å²) >= 11 is 5.55. The molecule has 0 aliphatic rings. The average Bonchev–Trinajstić information content (AvgIpc) is 2.26. The molecule has 0 N–H and O–H groups in total. The molecule has 0 atom stereocenters. The lowest BCUT2D eigenvalue weighted by Crippen LogP contribution is -2.18. The number of hydrogen-bond donors (Lipinski definition) is 0. The van der Waals surface area contributed by atoms with E-state index in [2.05, 4.69) is 4.74 Å². The number of hydrogen-bond acceptors (Lipinski definition) is 1. The molecule has 0 fully saturated rings. The summed E-state index contributed by atoms with van der Waals surface area (Å²) in [5.41, 5.74) is 1.55. The molecule has 0 saturated carbocycles. The van der Waals surface area contributed by atoms with Crippen molar-refractivity contribution in [2.75, 3.05) is 5.88 Å². The maximum atomic E-state index is 12.2. The van der Waals surface area contributed by atoms with E-state index in [0.717, 1.165) is 12.0 Å². The topological polar surface area (TPSA) is 9.23 Å². The first-order valence-electron chi connectivity index (χ1n) is 5.39. The van der Waals surface area contributed by atoms with Crippen molar-refractivity contribution in [3.8, 4) is 5.75 Å². The van der Waals surface area contributed by atoms with Crippen LogP contribution in [0.25, 0.3) is 0 Å². The maximum Gasteiger partial charge on any atom is 0.573 e. The van der Waals surface area contributed by atoms with E-state index in [9.17, 15) is 13.2 Å². The third kappa shape index (κ3) is 4.86. The molecule has 0 saturated heterocycles. The predicted molar refractivity (Wildman–Crippen MR) is 61.5 cm³/mol. The van der Waals surface area contributed by atoms with E-state index in [-0.39, 0.29) is 5.75 Å². The van der Waals surface area contributed by atoms with Gasteiger partial charge in [0.15, 0.2) is 0 Å².